The first-order chi connectivity index (χ1) is 9.49. The maximum atomic E-state index is 11.9. The molecule has 2 rings (SSSR count). The molecule has 1 unspecified atom stereocenters. The third-order valence-corrected chi connectivity index (χ3v) is 4.68. The van der Waals surface area contributed by atoms with Gasteiger partial charge in [0.15, 0.2) is 0 Å². The van der Waals surface area contributed by atoms with Crippen LogP contribution in [0.2, 0.25) is 0 Å². The summed E-state index contributed by atoms with van der Waals surface area (Å²) in [7, 11) is 1.31. The fraction of sp³-hybridized carbons (Fsp3) is 0.462. The van der Waals surface area contributed by atoms with Crippen LogP contribution in [0.5, 0.6) is 0 Å². The number of para-hydroxylation sites is 1. The van der Waals surface area contributed by atoms with Gasteiger partial charge in [-0.05, 0) is 24.8 Å². The van der Waals surface area contributed by atoms with Gasteiger partial charge in [0.1, 0.15) is 5.54 Å². The molecule has 1 saturated carbocycles. The zero-order valence-electron chi connectivity index (χ0n) is 11.1. The summed E-state index contributed by atoms with van der Waals surface area (Å²) in [5, 5.41) is 11.0. The number of hydrogen-bond acceptors (Lipinski definition) is 6. The number of rotatable bonds is 6. The number of benzene rings is 1. The summed E-state index contributed by atoms with van der Waals surface area (Å²) in [4.78, 5) is 22.9. The molecule has 2 N–H and O–H groups in total. The molecule has 0 saturated heterocycles. The Morgan fingerprint density at radius 1 is 1.55 bits per heavy atom. The minimum absolute atomic E-state index is 0.0283. The summed E-state index contributed by atoms with van der Waals surface area (Å²) < 4.78 is 4.77. The van der Waals surface area contributed by atoms with Crippen LogP contribution in [-0.4, -0.2) is 29.3 Å². The number of carbonyl (C=O) groups excluding carboxylic acids is 1. The van der Waals surface area contributed by atoms with Crippen molar-refractivity contribution in [1.29, 1.82) is 0 Å². The second-order valence-electron chi connectivity index (χ2n) is 4.82. The predicted molar refractivity (Wildman–Crippen MR) is 75.5 cm³/mol. The molecule has 1 aromatic carbocycles. The first-order valence-electron chi connectivity index (χ1n) is 6.22. The highest BCUT2D eigenvalue weighted by molar-refractivity contribution is 7.99. The van der Waals surface area contributed by atoms with E-state index in [-0.39, 0.29) is 17.4 Å². The molecule has 1 atom stereocenters. The summed E-state index contributed by atoms with van der Waals surface area (Å²) in [5.41, 5.74) is 5.13. The molecule has 0 spiro atoms. The quantitative estimate of drug-likeness (QED) is 0.373. The van der Waals surface area contributed by atoms with Crippen LogP contribution in [0.15, 0.2) is 29.2 Å². The third-order valence-electron chi connectivity index (χ3n) is 3.40. The molecule has 0 amide bonds. The monoisotopic (exact) mass is 296 g/mol. The van der Waals surface area contributed by atoms with Gasteiger partial charge in [-0.2, -0.15) is 0 Å². The number of nitrogens with two attached hydrogens (primary N) is 1. The molecular weight excluding hydrogens is 280 g/mol. The van der Waals surface area contributed by atoms with Crippen LogP contribution in [0.1, 0.15) is 12.8 Å². The number of ether oxygens (including phenoxy) is 1. The van der Waals surface area contributed by atoms with E-state index >= 15 is 0 Å². The average molecular weight is 296 g/mol. The van der Waals surface area contributed by atoms with Gasteiger partial charge in [0, 0.05) is 11.8 Å². The lowest BCUT2D eigenvalue weighted by atomic mass is 9.97. The number of nitro benzene ring substituents is 1. The minimum Gasteiger partial charge on any atom is -0.468 e. The van der Waals surface area contributed by atoms with Crippen LogP contribution in [0.4, 0.5) is 5.69 Å². The summed E-state index contributed by atoms with van der Waals surface area (Å²) in [6.45, 7) is 0. The zero-order chi connectivity index (χ0) is 14.8. The molecule has 0 heterocycles. The van der Waals surface area contributed by atoms with Crippen molar-refractivity contribution in [2.24, 2.45) is 11.7 Å². The average Bonchev–Trinajstić information content (AvgIpc) is 3.29. The molecule has 20 heavy (non-hydrogen) atoms. The lowest BCUT2D eigenvalue weighted by Crippen LogP contribution is -2.53. The van der Waals surface area contributed by atoms with E-state index in [0.717, 1.165) is 12.8 Å². The van der Waals surface area contributed by atoms with Gasteiger partial charge < -0.3 is 10.5 Å². The summed E-state index contributed by atoms with van der Waals surface area (Å²) in [6.07, 6.45) is 1.78. The molecule has 1 fully saturated rings. The van der Waals surface area contributed by atoms with E-state index in [2.05, 4.69) is 0 Å². The van der Waals surface area contributed by atoms with Crippen molar-refractivity contribution >= 4 is 23.4 Å². The Kier molecular flexibility index (Phi) is 4.29. The Morgan fingerprint density at radius 3 is 2.75 bits per heavy atom. The SMILES string of the molecule is COC(=O)C(N)(CSc1ccccc1[N+](=O)[O-])C1CC1. The standard InChI is InChI=1S/C13H16N2O4S/c1-19-12(16)13(14,9-6-7-9)8-20-11-5-3-2-4-10(11)15(17)18/h2-5,9H,6-8,14H2,1H3. The first kappa shape index (κ1) is 14.8. The van der Waals surface area contributed by atoms with Gasteiger partial charge in [0.05, 0.1) is 16.9 Å². The number of nitrogens with zero attached hydrogens (tertiary/aromatic N) is 1. The van der Waals surface area contributed by atoms with Crippen molar-refractivity contribution in [3.63, 3.8) is 0 Å². The van der Waals surface area contributed by atoms with E-state index in [4.69, 9.17) is 10.5 Å². The topological polar surface area (TPSA) is 95.5 Å². The van der Waals surface area contributed by atoms with Crippen molar-refractivity contribution in [1.82, 2.24) is 0 Å². The Bertz CT molecular complexity index is 533. The Morgan fingerprint density at radius 2 is 2.20 bits per heavy atom. The molecule has 1 aliphatic rings. The number of thioether (sulfide) groups is 1. The number of hydrogen-bond donors (Lipinski definition) is 1. The smallest absolute Gasteiger partial charge is 0.327 e. The van der Waals surface area contributed by atoms with Gasteiger partial charge in [0.25, 0.3) is 5.69 Å². The second kappa shape index (κ2) is 5.80. The van der Waals surface area contributed by atoms with E-state index in [1.807, 2.05) is 0 Å². The van der Waals surface area contributed by atoms with Crippen molar-refractivity contribution in [2.75, 3.05) is 12.9 Å². The van der Waals surface area contributed by atoms with E-state index in [9.17, 15) is 14.9 Å². The molecule has 1 aliphatic carbocycles. The molecule has 108 valence electrons. The summed E-state index contributed by atoms with van der Waals surface area (Å²) >= 11 is 1.23. The number of methoxy groups -OCH3 is 1. The van der Waals surface area contributed by atoms with Gasteiger partial charge in [-0.25, -0.2) is 0 Å². The van der Waals surface area contributed by atoms with Gasteiger partial charge in [-0.1, -0.05) is 12.1 Å². The Balaban J connectivity index is 2.14. The van der Waals surface area contributed by atoms with Crippen LogP contribution in [0.25, 0.3) is 0 Å². The second-order valence-corrected chi connectivity index (χ2v) is 5.84. The zero-order valence-corrected chi connectivity index (χ0v) is 11.9. The highest BCUT2D eigenvalue weighted by atomic mass is 32.2. The van der Waals surface area contributed by atoms with Crippen LogP contribution < -0.4 is 5.73 Å². The minimum atomic E-state index is -1.07. The third kappa shape index (κ3) is 2.94. The highest BCUT2D eigenvalue weighted by Gasteiger charge is 2.49. The maximum Gasteiger partial charge on any atom is 0.327 e. The highest BCUT2D eigenvalue weighted by Crippen LogP contribution is 2.42. The fourth-order valence-corrected chi connectivity index (χ4v) is 3.27. The summed E-state index contributed by atoms with van der Waals surface area (Å²) in [5.74, 6) is -0.0776. The van der Waals surface area contributed by atoms with Crippen molar-refractivity contribution in [2.45, 2.75) is 23.3 Å². The van der Waals surface area contributed by atoms with Gasteiger partial charge in [0.2, 0.25) is 0 Å². The lowest BCUT2D eigenvalue weighted by Gasteiger charge is -2.25. The van der Waals surface area contributed by atoms with Crippen molar-refractivity contribution in [3.05, 3.63) is 34.4 Å². The molecule has 7 heteroatoms. The normalized spacial score (nSPS) is 17.3. The molecule has 6 nitrogen and oxygen atoms in total. The number of carbonyl (C=O) groups is 1. The van der Waals surface area contributed by atoms with Gasteiger partial charge >= 0.3 is 5.97 Å². The maximum absolute atomic E-state index is 11.9. The van der Waals surface area contributed by atoms with E-state index in [1.54, 1.807) is 18.2 Å². The van der Waals surface area contributed by atoms with Crippen LogP contribution in [0, 0.1) is 16.0 Å². The van der Waals surface area contributed by atoms with Gasteiger partial charge in [-0.15, -0.1) is 11.8 Å². The predicted octanol–water partition coefficient (Wildman–Crippen LogP) is 1.97. The molecule has 0 aromatic heterocycles. The molecule has 1 aromatic rings. The van der Waals surface area contributed by atoms with Crippen LogP contribution in [0.3, 0.4) is 0 Å². The lowest BCUT2D eigenvalue weighted by molar-refractivity contribution is -0.387. The molecular formula is C13H16N2O4S. The Hall–Kier alpha value is -1.60. The van der Waals surface area contributed by atoms with E-state index < -0.39 is 16.4 Å². The van der Waals surface area contributed by atoms with Crippen LogP contribution in [-0.2, 0) is 9.53 Å². The first-order valence-corrected chi connectivity index (χ1v) is 7.21. The van der Waals surface area contributed by atoms with Crippen molar-refractivity contribution < 1.29 is 14.5 Å². The largest absolute Gasteiger partial charge is 0.468 e. The summed E-state index contributed by atoms with van der Waals surface area (Å²) in [6, 6.07) is 6.44. The fourth-order valence-electron chi connectivity index (χ4n) is 2.06. The molecule has 0 aliphatic heterocycles. The Labute approximate surface area is 120 Å². The molecule has 0 radical (unpaired) electrons. The van der Waals surface area contributed by atoms with Crippen LogP contribution >= 0.6 is 11.8 Å². The number of nitro groups is 1. The van der Waals surface area contributed by atoms with E-state index in [0.29, 0.717) is 4.90 Å². The van der Waals surface area contributed by atoms with Gasteiger partial charge in [-0.3, -0.25) is 14.9 Å². The number of esters is 1. The molecule has 0 bridgehead atoms. The van der Waals surface area contributed by atoms with Crippen molar-refractivity contribution in [3.8, 4) is 0 Å². The van der Waals surface area contributed by atoms with E-state index in [1.165, 1.54) is 24.9 Å².